The summed E-state index contributed by atoms with van der Waals surface area (Å²) in [5, 5.41) is 26.3. The molecule has 4 atom stereocenters. The lowest BCUT2D eigenvalue weighted by molar-refractivity contribution is -0.125. The normalized spacial score (nSPS) is 21.9. The summed E-state index contributed by atoms with van der Waals surface area (Å²) < 4.78 is 0. The van der Waals surface area contributed by atoms with Gasteiger partial charge in [-0.2, -0.15) is 12.6 Å². The lowest BCUT2D eigenvalue weighted by Gasteiger charge is -2.21. The van der Waals surface area contributed by atoms with Crippen molar-refractivity contribution in [3.8, 4) is 0 Å². The zero-order chi connectivity index (χ0) is 9.02. The maximum Gasteiger partial charge on any atom is 0.151 e. The fourth-order valence-corrected chi connectivity index (χ4v) is 0.744. The molecule has 0 aliphatic rings. The molecule has 0 aliphatic heterocycles. The smallest absolute Gasteiger partial charge is 0.151 e. The second kappa shape index (κ2) is 4.71. The van der Waals surface area contributed by atoms with Crippen molar-refractivity contribution in [2.24, 2.45) is 0 Å². The van der Waals surface area contributed by atoms with Crippen LogP contribution in [-0.2, 0) is 4.79 Å². The first-order chi connectivity index (χ1) is 5.00. The van der Waals surface area contributed by atoms with Gasteiger partial charge in [-0.1, -0.05) is 6.92 Å². The van der Waals surface area contributed by atoms with E-state index in [-0.39, 0.29) is 6.29 Å². The molecule has 0 bridgehead atoms. The average molecular weight is 180 g/mol. The SMILES string of the molecule is C[C@@H](S)[C@H](O)[C@H](O)[C@H](O)C=O. The molecule has 0 radical (unpaired) electrons. The van der Waals surface area contributed by atoms with Crippen molar-refractivity contribution in [1.29, 1.82) is 0 Å². The first-order valence-electron chi connectivity index (χ1n) is 3.18. The summed E-state index contributed by atoms with van der Waals surface area (Å²) in [6.45, 7) is 1.55. The molecule has 0 rings (SSSR count). The van der Waals surface area contributed by atoms with Gasteiger partial charge in [0.25, 0.3) is 0 Å². The van der Waals surface area contributed by atoms with Crippen LogP contribution in [0.3, 0.4) is 0 Å². The molecule has 0 saturated heterocycles. The van der Waals surface area contributed by atoms with Gasteiger partial charge in [-0.15, -0.1) is 0 Å². The summed E-state index contributed by atoms with van der Waals surface area (Å²) in [7, 11) is 0. The lowest BCUT2D eigenvalue weighted by atomic mass is 10.1. The molecule has 0 spiro atoms. The second-order valence-electron chi connectivity index (χ2n) is 2.35. The van der Waals surface area contributed by atoms with Crippen LogP contribution >= 0.6 is 12.6 Å². The minimum Gasteiger partial charge on any atom is -0.389 e. The standard InChI is InChI=1S/C6H12O4S/c1-3(11)5(9)6(10)4(8)2-7/h2-6,8-11H,1H3/t3-,4-,5+,6-/m1/s1. The van der Waals surface area contributed by atoms with Crippen molar-refractivity contribution in [1.82, 2.24) is 0 Å². The number of carbonyl (C=O) groups is 1. The van der Waals surface area contributed by atoms with E-state index in [9.17, 15) is 4.79 Å². The molecule has 66 valence electrons. The second-order valence-corrected chi connectivity index (χ2v) is 3.16. The Bertz CT molecular complexity index is 128. The summed E-state index contributed by atoms with van der Waals surface area (Å²) in [6, 6.07) is 0. The highest BCUT2D eigenvalue weighted by molar-refractivity contribution is 7.81. The molecule has 0 aromatic rings. The highest BCUT2D eigenvalue weighted by Crippen LogP contribution is 2.07. The Morgan fingerprint density at radius 3 is 2.00 bits per heavy atom. The quantitative estimate of drug-likeness (QED) is 0.316. The zero-order valence-electron chi connectivity index (χ0n) is 6.08. The van der Waals surface area contributed by atoms with E-state index < -0.39 is 23.6 Å². The molecular weight excluding hydrogens is 168 g/mol. The van der Waals surface area contributed by atoms with Crippen LogP contribution in [0, 0.1) is 0 Å². The van der Waals surface area contributed by atoms with Crippen molar-refractivity contribution < 1.29 is 20.1 Å². The first kappa shape index (κ1) is 10.9. The Morgan fingerprint density at radius 1 is 1.27 bits per heavy atom. The molecule has 0 saturated carbocycles. The highest BCUT2D eigenvalue weighted by atomic mass is 32.1. The number of aldehydes is 1. The van der Waals surface area contributed by atoms with Gasteiger partial charge in [-0.3, -0.25) is 0 Å². The molecular formula is C6H12O4S. The van der Waals surface area contributed by atoms with E-state index in [4.69, 9.17) is 15.3 Å². The van der Waals surface area contributed by atoms with Gasteiger partial charge in [0.1, 0.15) is 12.2 Å². The number of hydrogen-bond donors (Lipinski definition) is 4. The van der Waals surface area contributed by atoms with Crippen molar-refractivity contribution in [3.05, 3.63) is 0 Å². The monoisotopic (exact) mass is 180 g/mol. The van der Waals surface area contributed by atoms with Crippen LogP contribution in [0.25, 0.3) is 0 Å². The number of aliphatic hydroxyl groups is 3. The van der Waals surface area contributed by atoms with Gasteiger partial charge in [0.2, 0.25) is 0 Å². The molecule has 0 aromatic carbocycles. The first-order valence-corrected chi connectivity index (χ1v) is 3.70. The largest absolute Gasteiger partial charge is 0.389 e. The van der Waals surface area contributed by atoms with E-state index in [0.717, 1.165) is 0 Å². The van der Waals surface area contributed by atoms with Crippen LogP contribution < -0.4 is 0 Å². The van der Waals surface area contributed by atoms with E-state index in [2.05, 4.69) is 12.6 Å². The van der Waals surface area contributed by atoms with E-state index in [1.165, 1.54) is 0 Å². The highest BCUT2D eigenvalue weighted by Gasteiger charge is 2.26. The van der Waals surface area contributed by atoms with Gasteiger partial charge in [0, 0.05) is 5.25 Å². The van der Waals surface area contributed by atoms with Crippen LogP contribution in [0.5, 0.6) is 0 Å². The maximum absolute atomic E-state index is 9.93. The van der Waals surface area contributed by atoms with Gasteiger partial charge in [-0.25, -0.2) is 0 Å². The van der Waals surface area contributed by atoms with Crippen molar-refractivity contribution in [3.63, 3.8) is 0 Å². The molecule has 0 unspecified atom stereocenters. The minimum absolute atomic E-state index is 0.171. The number of thiol groups is 1. The van der Waals surface area contributed by atoms with E-state index >= 15 is 0 Å². The maximum atomic E-state index is 9.93. The van der Waals surface area contributed by atoms with Crippen molar-refractivity contribution >= 4 is 18.9 Å². The third-order valence-corrected chi connectivity index (χ3v) is 1.64. The van der Waals surface area contributed by atoms with E-state index in [0.29, 0.717) is 0 Å². The third kappa shape index (κ3) is 3.20. The molecule has 0 fully saturated rings. The fourth-order valence-electron chi connectivity index (χ4n) is 0.568. The molecule has 0 amide bonds. The number of hydrogen-bond acceptors (Lipinski definition) is 5. The van der Waals surface area contributed by atoms with Gasteiger partial charge >= 0.3 is 0 Å². The molecule has 0 heterocycles. The van der Waals surface area contributed by atoms with Gasteiger partial charge in [-0.05, 0) is 0 Å². The number of aliphatic hydroxyl groups excluding tert-OH is 3. The Balaban J connectivity index is 4.00. The minimum atomic E-state index is -1.54. The van der Waals surface area contributed by atoms with Crippen LogP contribution in [-0.4, -0.2) is 45.2 Å². The Morgan fingerprint density at radius 2 is 1.73 bits per heavy atom. The topological polar surface area (TPSA) is 77.8 Å². The summed E-state index contributed by atoms with van der Waals surface area (Å²) in [4.78, 5) is 9.93. The summed E-state index contributed by atoms with van der Waals surface area (Å²) in [5.41, 5.74) is 0. The molecule has 11 heavy (non-hydrogen) atoms. The Labute approximate surface area is 70.3 Å². The Kier molecular flexibility index (Phi) is 4.67. The van der Waals surface area contributed by atoms with Crippen molar-refractivity contribution in [2.45, 2.75) is 30.5 Å². The number of rotatable bonds is 4. The Hall–Kier alpha value is -0.100. The molecule has 0 aromatic heterocycles. The zero-order valence-corrected chi connectivity index (χ0v) is 6.98. The number of carbonyl (C=O) groups excluding carboxylic acids is 1. The molecule has 0 aliphatic carbocycles. The van der Waals surface area contributed by atoms with Crippen molar-refractivity contribution in [2.75, 3.05) is 0 Å². The summed E-state index contributed by atoms with van der Waals surface area (Å²) in [6.07, 6.45) is -4.03. The average Bonchev–Trinajstić information content (AvgIpc) is 2.00. The van der Waals surface area contributed by atoms with Gasteiger partial charge < -0.3 is 20.1 Å². The third-order valence-electron chi connectivity index (χ3n) is 1.33. The van der Waals surface area contributed by atoms with E-state index in [1.54, 1.807) is 6.92 Å². The molecule has 3 N–H and O–H groups in total. The van der Waals surface area contributed by atoms with Crippen LogP contribution in [0.4, 0.5) is 0 Å². The van der Waals surface area contributed by atoms with E-state index in [1.807, 2.05) is 0 Å². The van der Waals surface area contributed by atoms with Crippen LogP contribution in [0.15, 0.2) is 0 Å². The summed E-state index contributed by atoms with van der Waals surface area (Å²) in [5.74, 6) is 0. The fraction of sp³-hybridized carbons (Fsp3) is 0.833. The van der Waals surface area contributed by atoms with Gasteiger partial charge in [0.05, 0.1) is 6.10 Å². The summed E-state index contributed by atoms with van der Waals surface area (Å²) >= 11 is 3.83. The molecule has 5 heteroatoms. The molecule has 4 nitrogen and oxygen atoms in total. The predicted octanol–water partition coefficient (Wildman–Crippen LogP) is -1.41. The lowest BCUT2D eigenvalue weighted by Crippen LogP contribution is -2.42. The van der Waals surface area contributed by atoms with Crippen LogP contribution in [0.2, 0.25) is 0 Å². The van der Waals surface area contributed by atoms with Crippen LogP contribution in [0.1, 0.15) is 6.92 Å². The van der Waals surface area contributed by atoms with Gasteiger partial charge in [0.15, 0.2) is 6.29 Å². The predicted molar refractivity (Wildman–Crippen MR) is 42.5 cm³/mol.